The van der Waals surface area contributed by atoms with Crippen LogP contribution >= 0.6 is 0 Å². The smallest absolute Gasteiger partial charge is 0.269 e. The molecule has 6 heteroatoms. The van der Waals surface area contributed by atoms with Crippen LogP contribution in [-0.4, -0.2) is 17.7 Å². The summed E-state index contributed by atoms with van der Waals surface area (Å²) in [4.78, 5) is 34.6. The second-order valence-corrected chi connectivity index (χ2v) is 5.09. The molecule has 112 valence electrons. The first kappa shape index (κ1) is 15.0. The van der Waals surface area contributed by atoms with Crippen molar-refractivity contribution in [2.75, 3.05) is 5.32 Å². The van der Waals surface area contributed by atoms with Crippen molar-refractivity contribution in [1.82, 2.24) is 10.9 Å². The second-order valence-electron chi connectivity index (χ2n) is 5.09. The van der Waals surface area contributed by atoms with E-state index >= 15 is 0 Å². The Morgan fingerprint density at radius 2 is 1.76 bits per heavy atom. The molecule has 0 atom stereocenters. The van der Waals surface area contributed by atoms with Gasteiger partial charge in [-0.15, -0.1) is 0 Å². The standard InChI is InChI=1S/C15H19N3O3/c1-2-3-13(19)17-18-15(21)11-6-8-12(9-7-11)16-14(20)10-4-5-10/h6-10H,2-5H2,1H3,(H,16,20)(H,17,19)(H,18,21). The lowest BCUT2D eigenvalue weighted by Gasteiger charge is -2.08. The van der Waals surface area contributed by atoms with Gasteiger partial charge in [0.15, 0.2) is 0 Å². The van der Waals surface area contributed by atoms with Gasteiger partial charge >= 0.3 is 0 Å². The zero-order chi connectivity index (χ0) is 15.2. The molecule has 1 aliphatic rings. The maximum Gasteiger partial charge on any atom is 0.269 e. The van der Waals surface area contributed by atoms with Crippen molar-refractivity contribution in [3.05, 3.63) is 29.8 Å². The number of hydrazine groups is 1. The van der Waals surface area contributed by atoms with Crippen LogP contribution in [0.4, 0.5) is 5.69 Å². The van der Waals surface area contributed by atoms with E-state index in [2.05, 4.69) is 16.2 Å². The lowest BCUT2D eigenvalue weighted by molar-refractivity contribution is -0.122. The summed E-state index contributed by atoms with van der Waals surface area (Å²) >= 11 is 0. The minimum atomic E-state index is -0.389. The van der Waals surface area contributed by atoms with Gasteiger partial charge in [0.25, 0.3) is 5.91 Å². The molecular formula is C15H19N3O3. The molecule has 3 N–H and O–H groups in total. The summed E-state index contributed by atoms with van der Waals surface area (Å²) < 4.78 is 0. The summed E-state index contributed by atoms with van der Waals surface area (Å²) in [5, 5.41) is 2.80. The third kappa shape index (κ3) is 4.59. The Labute approximate surface area is 123 Å². The fourth-order valence-electron chi connectivity index (χ4n) is 1.78. The van der Waals surface area contributed by atoms with Crippen molar-refractivity contribution >= 4 is 23.4 Å². The van der Waals surface area contributed by atoms with Gasteiger partial charge in [-0.05, 0) is 43.5 Å². The van der Waals surface area contributed by atoms with Gasteiger partial charge in [0.1, 0.15) is 0 Å². The Morgan fingerprint density at radius 1 is 1.10 bits per heavy atom. The van der Waals surface area contributed by atoms with Crippen molar-refractivity contribution in [3.8, 4) is 0 Å². The van der Waals surface area contributed by atoms with Crippen molar-refractivity contribution in [2.45, 2.75) is 32.6 Å². The number of carbonyl (C=O) groups is 3. The van der Waals surface area contributed by atoms with E-state index < -0.39 is 0 Å². The largest absolute Gasteiger partial charge is 0.326 e. The topological polar surface area (TPSA) is 87.3 Å². The lowest BCUT2D eigenvalue weighted by Crippen LogP contribution is -2.41. The van der Waals surface area contributed by atoms with Crippen molar-refractivity contribution in [2.24, 2.45) is 5.92 Å². The predicted octanol–water partition coefficient (Wildman–Crippen LogP) is 1.60. The molecule has 1 aromatic carbocycles. The highest BCUT2D eigenvalue weighted by Crippen LogP contribution is 2.30. The number of carbonyl (C=O) groups excluding carboxylic acids is 3. The van der Waals surface area contributed by atoms with Crippen molar-refractivity contribution in [3.63, 3.8) is 0 Å². The van der Waals surface area contributed by atoms with Crippen LogP contribution in [0.2, 0.25) is 0 Å². The Morgan fingerprint density at radius 3 is 2.33 bits per heavy atom. The molecule has 1 saturated carbocycles. The Balaban J connectivity index is 1.84. The van der Waals surface area contributed by atoms with Gasteiger partial charge in [0.05, 0.1) is 0 Å². The van der Waals surface area contributed by atoms with E-state index in [9.17, 15) is 14.4 Å². The molecule has 1 fully saturated rings. The number of anilines is 1. The van der Waals surface area contributed by atoms with Crippen LogP contribution in [0.25, 0.3) is 0 Å². The molecular weight excluding hydrogens is 270 g/mol. The zero-order valence-electron chi connectivity index (χ0n) is 11.9. The highest BCUT2D eigenvalue weighted by Gasteiger charge is 2.29. The highest BCUT2D eigenvalue weighted by atomic mass is 16.2. The first-order valence-electron chi connectivity index (χ1n) is 7.10. The summed E-state index contributed by atoms with van der Waals surface area (Å²) in [5.74, 6) is -0.445. The molecule has 0 aliphatic heterocycles. The van der Waals surface area contributed by atoms with Gasteiger partial charge in [-0.2, -0.15) is 0 Å². The number of nitrogens with one attached hydrogen (secondary N) is 3. The zero-order valence-corrected chi connectivity index (χ0v) is 11.9. The summed E-state index contributed by atoms with van der Waals surface area (Å²) in [5.41, 5.74) is 5.77. The Hall–Kier alpha value is -2.37. The van der Waals surface area contributed by atoms with E-state index in [-0.39, 0.29) is 23.6 Å². The first-order chi connectivity index (χ1) is 10.1. The van der Waals surface area contributed by atoms with Crippen LogP contribution in [0, 0.1) is 5.92 Å². The van der Waals surface area contributed by atoms with E-state index in [0.29, 0.717) is 17.7 Å². The minimum Gasteiger partial charge on any atom is -0.326 e. The van der Waals surface area contributed by atoms with E-state index in [1.54, 1.807) is 24.3 Å². The summed E-state index contributed by atoms with van der Waals surface area (Å²) in [7, 11) is 0. The Kier molecular flexibility index (Phi) is 4.92. The lowest BCUT2D eigenvalue weighted by atomic mass is 10.2. The Bertz CT molecular complexity index is 536. The van der Waals surface area contributed by atoms with E-state index in [1.807, 2.05) is 6.92 Å². The number of rotatable bonds is 5. The van der Waals surface area contributed by atoms with Crippen LogP contribution in [0.1, 0.15) is 43.0 Å². The first-order valence-corrected chi connectivity index (χ1v) is 7.10. The average Bonchev–Trinajstić information content (AvgIpc) is 3.30. The molecule has 6 nitrogen and oxygen atoms in total. The molecule has 0 bridgehead atoms. The van der Waals surface area contributed by atoms with Gasteiger partial charge in [-0.1, -0.05) is 6.92 Å². The fourth-order valence-corrected chi connectivity index (χ4v) is 1.78. The molecule has 2 rings (SSSR count). The summed E-state index contributed by atoms with van der Waals surface area (Å²) in [6, 6.07) is 6.54. The highest BCUT2D eigenvalue weighted by molar-refractivity contribution is 5.97. The second kappa shape index (κ2) is 6.88. The van der Waals surface area contributed by atoms with Gasteiger partial charge < -0.3 is 5.32 Å². The summed E-state index contributed by atoms with van der Waals surface area (Å²) in [6.45, 7) is 1.88. The van der Waals surface area contributed by atoms with E-state index in [4.69, 9.17) is 0 Å². The monoisotopic (exact) mass is 289 g/mol. The third-order valence-corrected chi connectivity index (χ3v) is 3.16. The number of hydrogen-bond donors (Lipinski definition) is 3. The van der Waals surface area contributed by atoms with Crippen LogP contribution < -0.4 is 16.2 Å². The van der Waals surface area contributed by atoms with Crippen LogP contribution in [0.3, 0.4) is 0 Å². The van der Waals surface area contributed by atoms with E-state index in [0.717, 1.165) is 19.3 Å². The van der Waals surface area contributed by atoms with E-state index in [1.165, 1.54) is 0 Å². The molecule has 0 heterocycles. The molecule has 0 saturated heterocycles. The van der Waals surface area contributed by atoms with Crippen LogP contribution in [-0.2, 0) is 9.59 Å². The van der Waals surface area contributed by atoms with Gasteiger partial charge in [-0.3, -0.25) is 25.2 Å². The maximum absolute atomic E-state index is 11.8. The molecule has 0 spiro atoms. The van der Waals surface area contributed by atoms with Crippen LogP contribution in [0.15, 0.2) is 24.3 Å². The van der Waals surface area contributed by atoms with Gasteiger partial charge in [-0.25, -0.2) is 0 Å². The van der Waals surface area contributed by atoms with Gasteiger partial charge in [0.2, 0.25) is 11.8 Å². The molecule has 0 aromatic heterocycles. The number of amides is 3. The average molecular weight is 289 g/mol. The minimum absolute atomic E-state index is 0.0269. The number of benzene rings is 1. The van der Waals surface area contributed by atoms with Crippen molar-refractivity contribution < 1.29 is 14.4 Å². The molecule has 21 heavy (non-hydrogen) atoms. The molecule has 1 aliphatic carbocycles. The predicted molar refractivity (Wildman–Crippen MR) is 78.3 cm³/mol. The molecule has 0 unspecified atom stereocenters. The SMILES string of the molecule is CCCC(=O)NNC(=O)c1ccc(NC(=O)C2CC2)cc1. The van der Waals surface area contributed by atoms with Crippen LogP contribution in [0.5, 0.6) is 0 Å². The maximum atomic E-state index is 11.8. The normalized spacial score (nSPS) is 13.4. The molecule has 0 radical (unpaired) electrons. The number of hydrogen-bond acceptors (Lipinski definition) is 3. The molecule has 1 aromatic rings. The summed E-state index contributed by atoms with van der Waals surface area (Å²) in [6.07, 6.45) is 2.98. The van der Waals surface area contributed by atoms with Crippen molar-refractivity contribution in [1.29, 1.82) is 0 Å². The third-order valence-electron chi connectivity index (χ3n) is 3.16. The quantitative estimate of drug-likeness (QED) is 0.719. The molecule has 3 amide bonds. The fraction of sp³-hybridized carbons (Fsp3) is 0.400. The van der Waals surface area contributed by atoms with Gasteiger partial charge in [0, 0.05) is 23.6 Å².